The average molecular weight is 396 g/mol. The Labute approximate surface area is 158 Å². The van der Waals surface area contributed by atoms with Crippen molar-refractivity contribution in [3.8, 4) is 0 Å². The maximum Gasteiger partial charge on any atom is 0.394 e. The van der Waals surface area contributed by atoms with Gasteiger partial charge in [0, 0.05) is 0 Å². The second-order valence-electron chi connectivity index (χ2n) is 9.63. The summed E-state index contributed by atoms with van der Waals surface area (Å²) < 4.78 is 80.9. The highest BCUT2D eigenvalue weighted by Gasteiger charge is 2.52. The normalized spacial score (nSPS) is 15.8. The molecular formula is C21H30F6. The van der Waals surface area contributed by atoms with Crippen molar-refractivity contribution in [2.45, 2.75) is 85.5 Å². The van der Waals surface area contributed by atoms with E-state index in [4.69, 9.17) is 0 Å². The van der Waals surface area contributed by atoms with E-state index in [0.29, 0.717) is 16.7 Å². The Morgan fingerprint density at radius 3 is 1.63 bits per heavy atom. The lowest BCUT2D eigenvalue weighted by Crippen LogP contribution is -2.38. The van der Waals surface area contributed by atoms with Gasteiger partial charge in [-0.05, 0) is 34.4 Å². The molecule has 0 aliphatic carbocycles. The van der Waals surface area contributed by atoms with Gasteiger partial charge in [-0.15, -0.1) is 0 Å². The maximum atomic E-state index is 13.6. The zero-order valence-corrected chi connectivity index (χ0v) is 17.3. The average Bonchev–Trinajstić information content (AvgIpc) is 2.42. The standard InChI is InChI=1S/C21H30F6/c1-13(19(7,8)21(25,26)27)15-11-9-10-14(16(15)17(2,3)4)12-18(5,6)20(22,23)24/h9-11,13H,12H2,1-8H3. The molecule has 1 unspecified atom stereocenters. The molecule has 0 nitrogen and oxygen atoms in total. The third-order valence-electron chi connectivity index (χ3n) is 5.61. The lowest BCUT2D eigenvalue weighted by atomic mass is 9.68. The lowest BCUT2D eigenvalue weighted by Gasteiger charge is -2.39. The molecule has 0 bridgehead atoms. The molecule has 1 aromatic rings. The van der Waals surface area contributed by atoms with Crippen LogP contribution in [0.5, 0.6) is 0 Å². The van der Waals surface area contributed by atoms with Crippen molar-refractivity contribution < 1.29 is 26.3 Å². The van der Waals surface area contributed by atoms with Crippen LogP contribution < -0.4 is 0 Å². The third kappa shape index (κ3) is 4.80. The fourth-order valence-electron chi connectivity index (χ4n) is 3.25. The minimum Gasteiger partial charge on any atom is -0.171 e. The van der Waals surface area contributed by atoms with Crippen LogP contribution >= 0.6 is 0 Å². The summed E-state index contributed by atoms with van der Waals surface area (Å²) in [5.41, 5.74) is -3.09. The first kappa shape index (κ1) is 23.8. The first-order chi connectivity index (χ1) is 11.7. The van der Waals surface area contributed by atoms with Gasteiger partial charge in [-0.3, -0.25) is 0 Å². The molecule has 156 valence electrons. The van der Waals surface area contributed by atoms with Crippen molar-refractivity contribution in [1.29, 1.82) is 0 Å². The molecule has 0 N–H and O–H groups in total. The van der Waals surface area contributed by atoms with Gasteiger partial charge in [0.15, 0.2) is 0 Å². The van der Waals surface area contributed by atoms with E-state index in [9.17, 15) is 26.3 Å². The second kappa shape index (κ2) is 7.00. The molecule has 0 aromatic heterocycles. The molecule has 0 fully saturated rings. The van der Waals surface area contributed by atoms with E-state index in [-0.39, 0.29) is 6.42 Å². The minimum absolute atomic E-state index is 0.282. The Morgan fingerprint density at radius 2 is 1.26 bits per heavy atom. The SMILES string of the molecule is CC(c1cccc(CC(C)(C)C(F)(F)F)c1C(C)(C)C)C(C)(C)C(F)(F)F. The summed E-state index contributed by atoms with van der Waals surface area (Å²) in [4.78, 5) is 0. The van der Waals surface area contributed by atoms with Crippen LogP contribution in [0.1, 0.15) is 78.0 Å². The molecule has 0 saturated heterocycles. The molecule has 0 amide bonds. The summed E-state index contributed by atoms with van der Waals surface area (Å²) in [6, 6.07) is 4.78. The van der Waals surface area contributed by atoms with E-state index >= 15 is 0 Å². The minimum atomic E-state index is -4.43. The highest BCUT2D eigenvalue weighted by Crippen LogP contribution is 2.51. The number of rotatable bonds is 4. The molecule has 0 aliphatic rings. The van der Waals surface area contributed by atoms with Crippen LogP contribution in [0.3, 0.4) is 0 Å². The first-order valence-electron chi connectivity index (χ1n) is 8.99. The fraction of sp³-hybridized carbons (Fsp3) is 0.714. The van der Waals surface area contributed by atoms with Crippen molar-refractivity contribution in [3.63, 3.8) is 0 Å². The Bertz CT molecular complexity index is 657. The molecule has 0 heterocycles. The van der Waals surface area contributed by atoms with Gasteiger partial charge in [0.2, 0.25) is 0 Å². The van der Waals surface area contributed by atoms with E-state index in [1.54, 1.807) is 18.2 Å². The van der Waals surface area contributed by atoms with Gasteiger partial charge in [0.05, 0.1) is 10.8 Å². The smallest absolute Gasteiger partial charge is 0.171 e. The van der Waals surface area contributed by atoms with E-state index in [1.807, 2.05) is 20.8 Å². The van der Waals surface area contributed by atoms with Gasteiger partial charge in [-0.2, -0.15) is 26.3 Å². The number of alkyl halides is 6. The van der Waals surface area contributed by atoms with Gasteiger partial charge in [0.1, 0.15) is 0 Å². The van der Waals surface area contributed by atoms with E-state index in [1.165, 1.54) is 6.92 Å². The highest BCUT2D eigenvalue weighted by atomic mass is 19.4. The third-order valence-corrected chi connectivity index (χ3v) is 5.61. The molecule has 1 atom stereocenters. The summed E-state index contributed by atoms with van der Waals surface area (Å²) in [7, 11) is 0. The summed E-state index contributed by atoms with van der Waals surface area (Å²) in [5, 5.41) is 0. The quantitative estimate of drug-likeness (QED) is 0.455. The van der Waals surface area contributed by atoms with Crippen molar-refractivity contribution in [2.24, 2.45) is 10.8 Å². The largest absolute Gasteiger partial charge is 0.394 e. The summed E-state index contributed by atoms with van der Waals surface area (Å²) in [5.74, 6) is -0.902. The first-order valence-corrected chi connectivity index (χ1v) is 8.99. The van der Waals surface area contributed by atoms with Crippen LogP contribution in [0.15, 0.2) is 18.2 Å². The number of halogens is 6. The number of benzene rings is 1. The Hall–Kier alpha value is -1.20. The van der Waals surface area contributed by atoms with Gasteiger partial charge >= 0.3 is 12.4 Å². The molecule has 0 saturated carbocycles. The van der Waals surface area contributed by atoms with Crippen LogP contribution in [0.2, 0.25) is 0 Å². The molecule has 0 spiro atoms. The molecule has 6 heteroatoms. The molecule has 0 aliphatic heterocycles. The van der Waals surface area contributed by atoms with Gasteiger partial charge < -0.3 is 0 Å². The van der Waals surface area contributed by atoms with Crippen LogP contribution in [0.25, 0.3) is 0 Å². The van der Waals surface area contributed by atoms with Crippen LogP contribution in [-0.4, -0.2) is 12.4 Å². The monoisotopic (exact) mass is 396 g/mol. The van der Waals surface area contributed by atoms with Crippen molar-refractivity contribution in [1.82, 2.24) is 0 Å². The Morgan fingerprint density at radius 1 is 0.778 bits per heavy atom. The molecule has 1 rings (SSSR count). The van der Waals surface area contributed by atoms with Crippen LogP contribution in [-0.2, 0) is 11.8 Å². The maximum absolute atomic E-state index is 13.6. The zero-order chi connectivity index (χ0) is 21.6. The molecule has 0 radical (unpaired) electrons. The second-order valence-corrected chi connectivity index (χ2v) is 9.63. The summed E-state index contributed by atoms with van der Waals surface area (Å²) in [6.45, 7) is 11.5. The van der Waals surface area contributed by atoms with Gasteiger partial charge in [-0.25, -0.2) is 0 Å². The Kier molecular flexibility index (Phi) is 6.18. The molecule has 27 heavy (non-hydrogen) atoms. The van der Waals surface area contributed by atoms with Crippen molar-refractivity contribution in [3.05, 3.63) is 34.9 Å². The predicted octanol–water partition coefficient (Wildman–Crippen LogP) is 7.81. The van der Waals surface area contributed by atoms with Crippen molar-refractivity contribution in [2.75, 3.05) is 0 Å². The Balaban J connectivity index is 3.63. The predicted molar refractivity (Wildman–Crippen MR) is 96.9 cm³/mol. The van der Waals surface area contributed by atoms with Crippen molar-refractivity contribution >= 4 is 0 Å². The topological polar surface area (TPSA) is 0 Å². The van der Waals surface area contributed by atoms with E-state index in [0.717, 1.165) is 27.7 Å². The summed E-state index contributed by atoms with van der Waals surface area (Å²) >= 11 is 0. The summed E-state index contributed by atoms with van der Waals surface area (Å²) in [6.07, 6.45) is -9.12. The van der Waals surface area contributed by atoms with E-state index in [2.05, 4.69) is 0 Å². The van der Waals surface area contributed by atoms with Crippen LogP contribution in [0, 0.1) is 10.8 Å². The number of hydrogen-bond donors (Lipinski definition) is 0. The zero-order valence-electron chi connectivity index (χ0n) is 17.3. The molecule has 1 aromatic carbocycles. The highest BCUT2D eigenvalue weighted by molar-refractivity contribution is 5.43. The fourth-order valence-corrected chi connectivity index (χ4v) is 3.25. The van der Waals surface area contributed by atoms with Gasteiger partial charge in [0.25, 0.3) is 0 Å². The lowest BCUT2D eigenvalue weighted by molar-refractivity contribution is -0.218. The molecular weight excluding hydrogens is 366 g/mol. The van der Waals surface area contributed by atoms with E-state index < -0.39 is 34.5 Å². The number of hydrogen-bond acceptors (Lipinski definition) is 0. The van der Waals surface area contributed by atoms with Gasteiger partial charge in [-0.1, -0.05) is 73.6 Å². The van der Waals surface area contributed by atoms with Crippen LogP contribution in [0.4, 0.5) is 26.3 Å².